The fourth-order valence-corrected chi connectivity index (χ4v) is 4.86. The van der Waals surface area contributed by atoms with Crippen LogP contribution < -0.4 is 0 Å². The summed E-state index contributed by atoms with van der Waals surface area (Å²) in [7, 11) is 0. The average Bonchev–Trinajstić information content (AvgIpc) is 3.47. The van der Waals surface area contributed by atoms with E-state index in [1.807, 2.05) is 6.20 Å². The maximum atomic E-state index is 4.60. The molecule has 0 aliphatic rings. The molecule has 0 N–H and O–H groups in total. The largest absolute Gasteiger partial charge is 0.314 e. The van der Waals surface area contributed by atoms with E-state index in [0.717, 1.165) is 16.6 Å². The van der Waals surface area contributed by atoms with Crippen molar-refractivity contribution in [3.63, 3.8) is 0 Å². The van der Waals surface area contributed by atoms with Gasteiger partial charge in [-0.3, -0.25) is 4.98 Å². The van der Waals surface area contributed by atoms with Crippen LogP contribution in [0.1, 0.15) is 0 Å². The van der Waals surface area contributed by atoms with Gasteiger partial charge in [0.2, 0.25) is 0 Å². The maximum absolute atomic E-state index is 4.60. The van der Waals surface area contributed by atoms with Gasteiger partial charge in [-0.15, -0.1) is 0 Å². The summed E-state index contributed by atoms with van der Waals surface area (Å²) >= 11 is 0. The van der Waals surface area contributed by atoms with Gasteiger partial charge in [0.15, 0.2) is 0 Å². The fraction of sp³-hybridized carbons (Fsp3) is 0. The first-order valence-electron chi connectivity index (χ1n) is 10.8. The highest BCUT2D eigenvalue weighted by Crippen LogP contribution is 2.33. The number of nitrogens with zero attached hydrogens (tertiary/aromatic N) is 3. The third kappa shape index (κ3) is 2.45. The SMILES string of the molecule is c1ccc2c(c1)c1ccccc1n2-c1ccc(-c2ccc3ncc4cccn4c3c2)cc1. The Kier molecular flexibility index (Phi) is 3.55. The van der Waals surface area contributed by atoms with Crippen LogP contribution in [0.3, 0.4) is 0 Å². The molecule has 150 valence electrons. The Morgan fingerprint density at radius 2 is 1.25 bits per heavy atom. The molecule has 7 aromatic rings. The highest BCUT2D eigenvalue weighted by molar-refractivity contribution is 6.09. The van der Waals surface area contributed by atoms with Gasteiger partial charge in [0, 0.05) is 22.7 Å². The lowest BCUT2D eigenvalue weighted by Crippen LogP contribution is -1.94. The second-order valence-corrected chi connectivity index (χ2v) is 8.18. The van der Waals surface area contributed by atoms with E-state index >= 15 is 0 Å². The van der Waals surface area contributed by atoms with Gasteiger partial charge in [0.25, 0.3) is 0 Å². The van der Waals surface area contributed by atoms with Crippen LogP contribution in [-0.4, -0.2) is 14.0 Å². The van der Waals surface area contributed by atoms with E-state index in [9.17, 15) is 0 Å². The van der Waals surface area contributed by atoms with Gasteiger partial charge in [-0.2, -0.15) is 0 Å². The van der Waals surface area contributed by atoms with Gasteiger partial charge in [0.1, 0.15) is 0 Å². The summed E-state index contributed by atoms with van der Waals surface area (Å²) in [5.41, 5.74) is 9.24. The van der Waals surface area contributed by atoms with Crippen LogP contribution in [0.5, 0.6) is 0 Å². The average molecular weight is 409 g/mol. The first-order valence-corrected chi connectivity index (χ1v) is 10.8. The second-order valence-electron chi connectivity index (χ2n) is 8.18. The van der Waals surface area contributed by atoms with Gasteiger partial charge < -0.3 is 8.97 Å². The molecule has 0 unspecified atom stereocenters. The Hall–Kier alpha value is -4.37. The quantitative estimate of drug-likeness (QED) is 0.295. The number of aromatic nitrogens is 3. The lowest BCUT2D eigenvalue weighted by atomic mass is 10.0. The second kappa shape index (κ2) is 6.56. The lowest BCUT2D eigenvalue weighted by Gasteiger charge is -2.10. The van der Waals surface area contributed by atoms with Crippen molar-refractivity contribution in [2.75, 3.05) is 0 Å². The molecule has 7 rings (SSSR count). The third-order valence-corrected chi connectivity index (χ3v) is 6.39. The van der Waals surface area contributed by atoms with Crippen molar-refractivity contribution in [3.05, 3.63) is 116 Å². The minimum Gasteiger partial charge on any atom is -0.314 e. The van der Waals surface area contributed by atoms with Gasteiger partial charge in [-0.1, -0.05) is 54.6 Å². The number of rotatable bonds is 2. The summed E-state index contributed by atoms with van der Waals surface area (Å²) in [6, 6.07) is 36.7. The van der Waals surface area contributed by atoms with Crippen LogP contribution in [0.2, 0.25) is 0 Å². The van der Waals surface area contributed by atoms with E-state index in [2.05, 4.69) is 123 Å². The zero-order valence-electron chi connectivity index (χ0n) is 17.3. The van der Waals surface area contributed by atoms with Gasteiger partial charge in [0.05, 0.1) is 33.8 Å². The molecule has 0 atom stereocenters. The Morgan fingerprint density at radius 1 is 0.562 bits per heavy atom. The molecule has 0 bridgehead atoms. The smallest absolute Gasteiger partial charge is 0.0871 e. The summed E-state index contributed by atoms with van der Waals surface area (Å²) < 4.78 is 4.54. The standard InChI is InChI=1S/C29H19N3/c1-3-9-27-24(7-1)25-8-2-4-10-28(25)32(27)22-14-11-20(12-15-22)21-13-16-26-29(18-21)31-17-5-6-23(31)19-30-26/h1-19H. The van der Waals surface area contributed by atoms with Crippen LogP contribution >= 0.6 is 0 Å². The molecule has 32 heavy (non-hydrogen) atoms. The normalized spacial score (nSPS) is 11.8. The zero-order valence-corrected chi connectivity index (χ0v) is 17.3. The van der Waals surface area contributed by atoms with Gasteiger partial charge in [-0.05, 0) is 59.7 Å². The Bertz CT molecular complexity index is 1710. The molecule has 0 aliphatic carbocycles. The zero-order chi connectivity index (χ0) is 21.1. The van der Waals surface area contributed by atoms with Crippen molar-refractivity contribution in [1.82, 2.24) is 14.0 Å². The molecule has 4 aromatic carbocycles. The Morgan fingerprint density at radius 3 is 2.00 bits per heavy atom. The summed E-state index contributed by atoms with van der Waals surface area (Å²) in [5, 5.41) is 2.56. The molecule has 0 radical (unpaired) electrons. The van der Waals surface area contributed by atoms with Crippen molar-refractivity contribution < 1.29 is 0 Å². The molecule has 3 heteroatoms. The highest BCUT2D eigenvalue weighted by atomic mass is 15.0. The van der Waals surface area contributed by atoms with E-state index in [4.69, 9.17) is 0 Å². The van der Waals surface area contributed by atoms with E-state index in [1.165, 1.54) is 38.6 Å². The van der Waals surface area contributed by atoms with Crippen molar-refractivity contribution in [3.8, 4) is 16.8 Å². The van der Waals surface area contributed by atoms with Crippen molar-refractivity contribution in [1.29, 1.82) is 0 Å². The summed E-state index contributed by atoms with van der Waals surface area (Å²) in [5.74, 6) is 0. The molecule has 0 spiro atoms. The third-order valence-electron chi connectivity index (χ3n) is 6.39. The van der Waals surface area contributed by atoms with Crippen molar-refractivity contribution >= 4 is 38.4 Å². The van der Waals surface area contributed by atoms with Gasteiger partial charge in [-0.25, -0.2) is 0 Å². The predicted molar refractivity (Wildman–Crippen MR) is 132 cm³/mol. The lowest BCUT2D eigenvalue weighted by molar-refractivity contribution is 1.18. The molecule has 0 saturated heterocycles. The van der Waals surface area contributed by atoms with Crippen molar-refractivity contribution in [2.45, 2.75) is 0 Å². The summed E-state index contributed by atoms with van der Waals surface area (Å²) in [4.78, 5) is 4.60. The van der Waals surface area contributed by atoms with E-state index in [0.29, 0.717) is 0 Å². The van der Waals surface area contributed by atoms with E-state index in [1.54, 1.807) is 0 Å². The number of hydrogen-bond acceptors (Lipinski definition) is 1. The molecule has 3 heterocycles. The van der Waals surface area contributed by atoms with Crippen molar-refractivity contribution in [2.24, 2.45) is 0 Å². The van der Waals surface area contributed by atoms with Crippen LogP contribution in [-0.2, 0) is 0 Å². The number of benzene rings is 4. The fourth-order valence-electron chi connectivity index (χ4n) is 4.86. The molecular weight excluding hydrogens is 390 g/mol. The maximum Gasteiger partial charge on any atom is 0.0871 e. The number of fused-ring (bicyclic) bond motifs is 6. The molecule has 3 nitrogen and oxygen atoms in total. The monoisotopic (exact) mass is 409 g/mol. The predicted octanol–water partition coefficient (Wildman–Crippen LogP) is 7.25. The topological polar surface area (TPSA) is 22.2 Å². The number of para-hydroxylation sites is 2. The van der Waals surface area contributed by atoms with E-state index in [-0.39, 0.29) is 0 Å². The van der Waals surface area contributed by atoms with Crippen LogP contribution in [0.25, 0.3) is 55.2 Å². The van der Waals surface area contributed by atoms with Crippen LogP contribution in [0.4, 0.5) is 0 Å². The first-order chi connectivity index (χ1) is 15.9. The van der Waals surface area contributed by atoms with Crippen LogP contribution in [0.15, 0.2) is 116 Å². The molecular formula is C29H19N3. The van der Waals surface area contributed by atoms with E-state index < -0.39 is 0 Å². The highest BCUT2D eigenvalue weighted by Gasteiger charge is 2.11. The molecule has 0 saturated carbocycles. The van der Waals surface area contributed by atoms with Gasteiger partial charge >= 0.3 is 0 Å². The molecule has 0 amide bonds. The minimum absolute atomic E-state index is 0.999. The molecule has 3 aromatic heterocycles. The summed E-state index contributed by atoms with van der Waals surface area (Å²) in [6.07, 6.45) is 4.01. The summed E-state index contributed by atoms with van der Waals surface area (Å²) in [6.45, 7) is 0. The van der Waals surface area contributed by atoms with Crippen LogP contribution in [0, 0.1) is 0 Å². The molecule has 0 fully saturated rings. The molecule has 0 aliphatic heterocycles. The minimum atomic E-state index is 0.999. The Labute approximate surface area is 184 Å². The first kappa shape index (κ1) is 17.3. The Balaban J connectivity index is 1.38. The number of hydrogen-bond donors (Lipinski definition) is 0.